The predicted molar refractivity (Wildman–Crippen MR) is 95.2 cm³/mol. The molecule has 2 aromatic carbocycles. The minimum atomic E-state index is -0.760. The lowest BCUT2D eigenvalue weighted by Crippen LogP contribution is -2.34. The zero-order chi connectivity index (χ0) is 18.5. The van der Waals surface area contributed by atoms with E-state index >= 15 is 0 Å². The van der Waals surface area contributed by atoms with Crippen molar-refractivity contribution in [2.24, 2.45) is 0 Å². The van der Waals surface area contributed by atoms with Crippen molar-refractivity contribution in [1.82, 2.24) is 5.32 Å². The number of phenols is 1. The van der Waals surface area contributed by atoms with Crippen LogP contribution in [0.4, 0.5) is 0 Å². The van der Waals surface area contributed by atoms with Gasteiger partial charge in [-0.1, -0.05) is 24.3 Å². The monoisotopic (exact) mass is 355 g/mol. The van der Waals surface area contributed by atoms with Gasteiger partial charge in [-0.15, -0.1) is 0 Å². The summed E-state index contributed by atoms with van der Waals surface area (Å²) in [7, 11) is 1.46. The van der Waals surface area contributed by atoms with Gasteiger partial charge in [-0.05, 0) is 42.5 Å². The standard InChI is InChI=1S/C20H21NO5/c1-25-14-9-10-16(18(22)11-14)20(24)26-12-19(23)21-17-8-4-6-13-5-2-3-7-15(13)17/h2-3,5,7,9-11,17,22H,4,6,8,12H2,1H3,(H,21,23)/t17-/m1/s1. The van der Waals surface area contributed by atoms with Crippen molar-refractivity contribution in [2.75, 3.05) is 13.7 Å². The number of benzene rings is 2. The molecular weight excluding hydrogens is 334 g/mol. The van der Waals surface area contributed by atoms with Crippen LogP contribution in [0.3, 0.4) is 0 Å². The highest BCUT2D eigenvalue weighted by Gasteiger charge is 2.22. The van der Waals surface area contributed by atoms with Gasteiger partial charge in [-0.2, -0.15) is 0 Å². The van der Waals surface area contributed by atoms with Crippen molar-refractivity contribution >= 4 is 11.9 Å². The van der Waals surface area contributed by atoms with Crippen LogP contribution in [0.25, 0.3) is 0 Å². The van der Waals surface area contributed by atoms with Crippen molar-refractivity contribution in [3.8, 4) is 11.5 Å². The van der Waals surface area contributed by atoms with Crippen molar-refractivity contribution in [2.45, 2.75) is 25.3 Å². The highest BCUT2D eigenvalue weighted by atomic mass is 16.5. The Bertz CT molecular complexity index is 818. The van der Waals surface area contributed by atoms with Gasteiger partial charge in [0.1, 0.15) is 17.1 Å². The van der Waals surface area contributed by atoms with Gasteiger partial charge in [-0.3, -0.25) is 4.79 Å². The van der Waals surface area contributed by atoms with Crippen LogP contribution >= 0.6 is 0 Å². The number of rotatable bonds is 5. The number of fused-ring (bicyclic) bond motifs is 1. The molecule has 26 heavy (non-hydrogen) atoms. The molecule has 6 nitrogen and oxygen atoms in total. The highest BCUT2D eigenvalue weighted by molar-refractivity contribution is 5.94. The molecule has 0 bridgehead atoms. The number of amides is 1. The predicted octanol–water partition coefficient (Wildman–Crippen LogP) is 2.75. The normalized spacial score (nSPS) is 15.7. The molecule has 0 heterocycles. The number of ether oxygens (including phenoxy) is 2. The van der Waals surface area contributed by atoms with Gasteiger partial charge in [0.2, 0.25) is 0 Å². The van der Waals surface area contributed by atoms with Crippen LogP contribution in [0.2, 0.25) is 0 Å². The van der Waals surface area contributed by atoms with Crippen LogP contribution in [0.1, 0.15) is 40.4 Å². The maximum absolute atomic E-state index is 12.2. The molecule has 136 valence electrons. The summed E-state index contributed by atoms with van der Waals surface area (Å²) in [6.45, 7) is -0.400. The number of phenolic OH excluding ortho intramolecular Hbond substituents is 1. The van der Waals surface area contributed by atoms with Gasteiger partial charge in [0, 0.05) is 6.07 Å². The van der Waals surface area contributed by atoms with Crippen LogP contribution in [0.15, 0.2) is 42.5 Å². The molecule has 1 aliphatic rings. The Balaban J connectivity index is 1.57. The number of nitrogens with one attached hydrogen (secondary N) is 1. The minimum absolute atomic E-state index is 0.0124. The summed E-state index contributed by atoms with van der Waals surface area (Å²) >= 11 is 0. The molecule has 0 radical (unpaired) electrons. The summed E-state index contributed by atoms with van der Waals surface area (Å²) in [6.07, 6.45) is 2.87. The van der Waals surface area contributed by atoms with E-state index in [0.717, 1.165) is 24.8 Å². The van der Waals surface area contributed by atoms with E-state index in [1.165, 1.54) is 30.9 Å². The van der Waals surface area contributed by atoms with Crippen LogP contribution in [-0.2, 0) is 16.0 Å². The molecule has 0 aromatic heterocycles. The second kappa shape index (κ2) is 7.91. The van der Waals surface area contributed by atoms with E-state index in [-0.39, 0.29) is 23.3 Å². The molecule has 1 amide bonds. The average Bonchev–Trinajstić information content (AvgIpc) is 2.66. The van der Waals surface area contributed by atoms with Crippen molar-refractivity contribution in [1.29, 1.82) is 0 Å². The zero-order valence-electron chi connectivity index (χ0n) is 14.5. The minimum Gasteiger partial charge on any atom is -0.507 e. The lowest BCUT2D eigenvalue weighted by molar-refractivity contribution is -0.125. The fraction of sp³-hybridized carbons (Fsp3) is 0.300. The largest absolute Gasteiger partial charge is 0.507 e. The van der Waals surface area contributed by atoms with Crippen LogP contribution < -0.4 is 10.1 Å². The second-order valence-corrected chi connectivity index (χ2v) is 6.17. The summed E-state index contributed by atoms with van der Waals surface area (Å²) in [5.74, 6) is -0.957. The molecular formula is C20H21NO5. The molecule has 1 aliphatic carbocycles. The quantitative estimate of drug-likeness (QED) is 0.806. The first kappa shape index (κ1) is 17.8. The number of aromatic hydroxyl groups is 1. The number of esters is 1. The van der Waals surface area contributed by atoms with E-state index in [2.05, 4.69) is 11.4 Å². The molecule has 0 spiro atoms. The maximum atomic E-state index is 12.2. The van der Waals surface area contributed by atoms with Gasteiger partial charge >= 0.3 is 5.97 Å². The third-order valence-corrected chi connectivity index (χ3v) is 4.46. The molecule has 0 aliphatic heterocycles. The first-order valence-electron chi connectivity index (χ1n) is 8.50. The highest BCUT2D eigenvalue weighted by Crippen LogP contribution is 2.29. The number of carbonyl (C=O) groups excluding carboxylic acids is 2. The number of carbonyl (C=O) groups is 2. The topological polar surface area (TPSA) is 84.9 Å². The van der Waals surface area contributed by atoms with E-state index in [0.29, 0.717) is 5.75 Å². The Labute approximate surface area is 151 Å². The summed E-state index contributed by atoms with van der Waals surface area (Å²) < 4.78 is 9.99. The smallest absolute Gasteiger partial charge is 0.342 e. The molecule has 1 atom stereocenters. The summed E-state index contributed by atoms with van der Waals surface area (Å²) in [4.78, 5) is 24.2. The Morgan fingerprint density at radius 3 is 2.81 bits per heavy atom. The maximum Gasteiger partial charge on any atom is 0.342 e. The Hall–Kier alpha value is -3.02. The Kier molecular flexibility index (Phi) is 5.41. The second-order valence-electron chi connectivity index (χ2n) is 6.17. The van der Waals surface area contributed by atoms with Crippen LogP contribution in [0.5, 0.6) is 11.5 Å². The van der Waals surface area contributed by atoms with Crippen molar-refractivity contribution < 1.29 is 24.2 Å². The van der Waals surface area contributed by atoms with E-state index in [1.807, 2.05) is 18.2 Å². The van der Waals surface area contributed by atoms with E-state index < -0.39 is 12.6 Å². The lowest BCUT2D eigenvalue weighted by Gasteiger charge is -2.26. The third-order valence-electron chi connectivity index (χ3n) is 4.46. The number of hydrogen-bond acceptors (Lipinski definition) is 5. The SMILES string of the molecule is COc1ccc(C(=O)OCC(=O)N[C@@H]2CCCc3ccccc32)c(O)c1. The fourth-order valence-electron chi connectivity index (χ4n) is 3.16. The van der Waals surface area contributed by atoms with Gasteiger partial charge in [-0.25, -0.2) is 4.79 Å². The molecule has 0 fully saturated rings. The molecule has 0 saturated carbocycles. The molecule has 3 rings (SSSR count). The summed E-state index contributed by atoms with van der Waals surface area (Å²) in [6, 6.07) is 12.2. The van der Waals surface area contributed by atoms with Crippen molar-refractivity contribution in [3.63, 3.8) is 0 Å². The van der Waals surface area contributed by atoms with E-state index in [9.17, 15) is 14.7 Å². The van der Waals surface area contributed by atoms with E-state index in [1.54, 1.807) is 0 Å². The van der Waals surface area contributed by atoms with Crippen LogP contribution in [0, 0.1) is 0 Å². The number of hydrogen-bond donors (Lipinski definition) is 2. The third kappa shape index (κ3) is 3.96. The van der Waals surface area contributed by atoms with Gasteiger partial charge < -0.3 is 19.9 Å². The molecule has 0 saturated heterocycles. The zero-order valence-corrected chi connectivity index (χ0v) is 14.5. The van der Waals surface area contributed by atoms with Gasteiger partial charge in [0.15, 0.2) is 6.61 Å². The van der Waals surface area contributed by atoms with Crippen molar-refractivity contribution in [3.05, 3.63) is 59.2 Å². The summed E-state index contributed by atoms with van der Waals surface area (Å²) in [5.41, 5.74) is 2.34. The number of aryl methyl sites for hydroxylation is 1. The molecule has 0 unspecified atom stereocenters. The fourth-order valence-corrected chi connectivity index (χ4v) is 3.16. The molecule has 2 aromatic rings. The Morgan fingerprint density at radius 2 is 2.04 bits per heavy atom. The molecule has 6 heteroatoms. The van der Waals surface area contributed by atoms with E-state index in [4.69, 9.17) is 9.47 Å². The van der Waals surface area contributed by atoms with Crippen LogP contribution in [-0.4, -0.2) is 30.7 Å². The first-order chi connectivity index (χ1) is 12.6. The molecule has 2 N–H and O–H groups in total. The summed E-state index contributed by atoms with van der Waals surface area (Å²) in [5, 5.41) is 12.8. The lowest BCUT2D eigenvalue weighted by atomic mass is 9.88. The average molecular weight is 355 g/mol. The van der Waals surface area contributed by atoms with Gasteiger partial charge in [0.25, 0.3) is 5.91 Å². The Morgan fingerprint density at radius 1 is 1.23 bits per heavy atom. The first-order valence-corrected chi connectivity index (χ1v) is 8.50. The number of methoxy groups -OCH3 is 1. The van der Waals surface area contributed by atoms with Gasteiger partial charge in [0.05, 0.1) is 13.2 Å².